The van der Waals surface area contributed by atoms with Crippen LogP contribution in [0, 0.1) is 5.92 Å². The van der Waals surface area contributed by atoms with Crippen molar-refractivity contribution in [1.29, 1.82) is 0 Å². The van der Waals surface area contributed by atoms with Gasteiger partial charge in [-0.2, -0.15) is 10.1 Å². The minimum Gasteiger partial charge on any atom is -0.440 e. The molecule has 0 spiro atoms. The number of hydrogen-bond donors (Lipinski definition) is 2. The zero-order valence-corrected chi connectivity index (χ0v) is 23.1. The highest BCUT2D eigenvalue weighted by molar-refractivity contribution is 7.44. The van der Waals surface area contributed by atoms with Crippen molar-refractivity contribution >= 4 is 31.8 Å². The van der Waals surface area contributed by atoms with Gasteiger partial charge in [0.2, 0.25) is 5.95 Å². The van der Waals surface area contributed by atoms with E-state index in [1.807, 2.05) is 14.1 Å². The van der Waals surface area contributed by atoms with E-state index in [9.17, 15) is 4.79 Å². The van der Waals surface area contributed by atoms with Gasteiger partial charge in [-0.3, -0.25) is 9.78 Å². The minimum absolute atomic E-state index is 0.184. The molecule has 0 radical (unpaired) electrons. The lowest BCUT2D eigenvalue weighted by Gasteiger charge is -2.36. The van der Waals surface area contributed by atoms with Crippen molar-refractivity contribution < 1.29 is 13.8 Å². The van der Waals surface area contributed by atoms with Gasteiger partial charge in [0.15, 0.2) is 11.9 Å². The second kappa shape index (κ2) is 12.2. The molecule has 36 heavy (non-hydrogen) atoms. The fraction of sp³-hybridized carbons (Fsp3) is 0.652. The Labute approximate surface area is 213 Å². The molecule has 0 amide bonds. The average Bonchev–Trinajstić information content (AvgIpc) is 3.38. The molecule has 200 valence electrons. The Morgan fingerprint density at radius 1 is 1.42 bits per heavy atom. The summed E-state index contributed by atoms with van der Waals surface area (Å²) in [5.74, 6) is 0.876. The molecule has 0 bridgehead atoms. The van der Waals surface area contributed by atoms with Crippen LogP contribution in [0.2, 0.25) is 0 Å². The summed E-state index contributed by atoms with van der Waals surface area (Å²) in [6, 6.07) is 0.417. The van der Waals surface area contributed by atoms with E-state index in [0.717, 1.165) is 0 Å². The van der Waals surface area contributed by atoms with Crippen LogP contribution in [0.3, 0.4) is 0 Å². The Kier molecular flexibility index (Phi) is 9.59. The number of hydrogen-bond acceptors (Lipinski definition) is 9. The fourth-order valence-electron chi connectivity index (χ4n) is 3.99. The van der Waals surface area contributed by atoms with E-state index in [1.165, 1.54) is 6.20 Å². The molecule has 1 fully saturated rings. The largest absolute Gasteiger partial charge is 0.440 e. The van der Waals surface area contributed by atoms with Crippen LogP contribution >= 0.6 is 8.53 Å². The van der Waals surface area contributed by atoms with Gasteiger partial charge in [0, 0.05) is 26.2 Å². The number of rotatable bonds is 12. The van der Waals surface area contributed by atoms with E-state index in [4.69, 9.17) is 19.5 Å². The molecule has 2 aromatic rings. The van der Waals surface area contributed by atoms with Gasteiger partial charge in [-0.15, -0.1) is 0 Å². The molecule has 13 heteroatoms. The van der Waals surface area contributed by atoms with Crippen molar-refractivity contribution in [2.45, 2.75) is 65.5 Å². The first-order valence-corrected chi connectivity index (χ1v) is 13.3. The lowest BCUT2D eigenvalue weighted by atomic mass is 10.0. The maximum absolute atomic E-state index is 12.5. The molecule has 0 aliphatic carbocycles. The fourth-order valence-corrected chi connectivity index (χ4v) is 5.59. The standard InChI is InChI=1S/C23H39N8O4P/c1-14(2)31(15(3)4)36(35-17(6)10-24)33-12-19-16(5)9-20(34-19)30-21-18(11-26-30)22(32)28-23(27-21)25-13-29(7)8/h11,13-16,19-20H,6,9-10,12,24H2,1-5,7-8H3,(H,27,28,32)/b25-13+. The normalized spacial score (nSPS) is 21.4. The van der Waals surface area contributed by atoms with Crippen molar-refractivity contribution in [3.05, 3.63) is 28.9 Å². The van der Waals surface area contributed by atoms with Crippen molar-refractivity contribution in [1.82, 2.24) is 29.3 Å². The number of nitrogens with zero attached hydrogens (tertiary/aromatic N) is 6. The molecule has 1 saturated heterocycles. The van der Waals surface area contributed by atoms with Gasteiger partial charge >= 0.3 is 8.53 Å². The van der Waals surface area contributed by atoms with Crippen LogP contribution in [0.5, 0.6) is 0 Å². The Morgan fingerprint density at radius 3 is 2.72 bits per heavy atom. The monoisotopic (exact) mass is 522 g/mol. The molecule has 2 aromatic heterocycles. The smallest absolute Gasteiger partial charge is 0.321 e. The van der Waals surface area contributed by atoms with Crippen LogP contribution in [0.4, 0.5) is 5.95 Å². The van der Waals surface area contributed by atoms with E-state index in [0.29, 0.717) is 29.8 Å². The van der Waals surface area contributed by atoms with Gasteiger partial charge in [-0.25, -0.2) is 14.3 Å². The highest BCUT2D eigenvalue weighted by Gasteiger charge is 2.37. The first kappa shape index (κ1) is 28.2. The van der Waals surface area contributed by atoms with Gasteiger partial charge in [-0.05, 0) is 40.0 Å². The number of nitrogens with two attached hydrogens (primary N) is 1. The summed E-state index contributed by atoms with van der Waals surface area (Å²) in [6.45, 7) is 15.0. The van der Waals surface area contributed by atoms with Gasteiger partial charge in [0.1, 0.15) is 11.1 Å². The first-order chi connectivity index (χ1) is 17.0. The molecule has 1 aliphatic rings. The van der Waals surface area contributed by atoms with Crippen LogP contribution in [0.1, 0.15) is 47.3 Å². The Hall–Kier alpha value is -2.37. The predicted octanol–water partition coefficient (Wildman–Crippen LogP) is 3.12. The lowest BCUT2D eigenvalue weighted by molar-refractivity contribution is -0.0299. The molecule has 4 atom stereocenters. The maximum atomic E-state index is 12.5. The van der Waals surface area contributed by atoms with Crippen molar-refractivity contribution in [2.75, 3.05) is 27.2 Å². The zero-order chi connectivity index (χ0) is 26.6. The van der Waals surface area contributed by atoms with Gasteiger partial charge < -0.3 is 24.4 Å². The molecule has 3 heterocycles. The van der Waals surface area contributed by atoms with Crippen LogP contribution < -0.4 is 11.3 Å². The van der Waals surface area contributed by atoms with Crippen LogP contribution in [-0.4, -0.2) is 81.1 Å². The van der Waals surface area contributed by atoms with E-state index in [-0.39, 0.29) is 48.4 Å². The molecule has 12 nitrogen and oxygen atoms in total. The molecule has 0 saturated carbocycles. The maximum Gasteiger partial charge on any atom is 0.321 e. The lowest BCUT2D eigenvalue weighted by Crippen LogP contribution is -2.34. The second-order valence-electron chi connectivity index (χ2n) is 9.70. The zero-order valence-electron chi connectivity index (χ0n) is 22.2. The SMILES string of the molecule is C=C(CN)OP(OCC1OC(n2ncc3c(=O)[nH]c(/N=C/N(C)C)nc32)CC1C)N(C(C)C)C(C)C. The second-order valence-corrected chi connectivity index (χ2v) is 11.1. The third-order valence-corrected chi connectivity index (χ3v) is 7.79. The van der Waals surface area contributed by atoms with E-state index in [2.05, 4.69) is 65.9 Å². The summed E-state index contributed by atoms with van der Waals surface area (Å²) < 4.78 is 22.5. The highest BCUT2D eigenvalue weighted by Crippen LogP contribution is 2.48. The Morgan fingerprint density at radius 2 is 2.11 bits per heavy atom. The third-order valence-electron chi connectivity index (χ3n) is 5.71. The third kappa shape index (κ3) is 6.68. The molecule has 4 unspecified atom stereocenters. The number of ether oxygens (including phenoxy) is 1. The molecule has 1 aliphatic heterocycles. The van der Waals surface area contributed by atoms with Gasteiger partial charge in [0.25, 0.3) is 5.56 Å². The number of H-pyrrole nitrogens is 1. The average molecular weight is 523 g/mol. The summed E-state index contributed by atoms with van der Waals surface area (Å²) in [5, 5.41) is 4.80. The quantitative estimate of drug-likeness (QED) is 0.186. The summed E-state index contributed by atoms with van der Waals surface area (Å²) in [7, 11) is 2.26. The molecule has 3 N–H and O–H groups in total. The highest BCUT2D eigenvalue weighted by atomic mass is 31.2. The molecule has 3 rings (SSSR count). The number of nitrogens with one attached hydrogen (secondary N) is 1. The number of aromatic amines is 1. The predicted molar refractivity (Wildman–Crippen MR) is 142 cm³/mol. The molecular weight excluding hydrogens is 483 g/mol. The summed E-state index contributed by atoms with van der Waals surface area (Å²) >= 11 is 0. The summed E-state index contributed by atoms with van der Waals surface area (Å²) in [5.41, 5.74) is 5.85. The van der Waals surface area contributed by atoms with E-state index in [1.54, 1.807) is 15.9 Å². The summed E-state index contributed by atoms with van der Waals surface area (Å²) in [4.78, 5) is 25.7. The number of aromatic nitrogens is 4. The van der Waals surface area contributed by atoms with Crippen molar-refractivity contribution in [3.8, 4) is 0 Å². The topological polar surface area (TPSA) is 136 Å². The summed E-state index contributed by atoms with van der Waals surface area (Å²) in [6.07, 6.45) is 3.20. The van der Waals surface area contributed by atoms with Gasteiger partial charge in [-0.1, -0.05) is 13.5 Å². The molecule has 0 aromatic carbocycles. The van der Waals surface area contributed by atoms with Crippen LogP contribution in [0.25, 0.3) is 11.0 Å². The Bertz CT molecular complexity index is 1110. The van der Waals surface area contributed by atoms with Crippen molar-refractivity contribution in [2.24, 2.45) is 16.6 Å². The van der Waals surface area contributed by atoms with Crippen LogP contribution in [0.15, 0.2) is 28.3 Å². The number of aliphatic imine (C=N–C) groups is 1. The van der Waals surface area contributed by atoms with Crippen molar-refractivity contribution in [3.63, 3.8) is 0 Å². The number of fused-ring (bicyclic) bond motifs is 1. The van der Waals surface area contributed by atoms with E-state index < -0.39 is 8.53 Å². The first-order valence-electron chi connectivity index (χ1n) is 12.1. The Balaban J connectivity index is 1.77. The molecular formula is C23H39N8O4P. The van der Waals surface area contributed by atoms with Crippen LogP contribution in [-0.2, 0) is 13.8 Å². The van der Waals surface area contributed by atoms with Gasteiger partial charge in [0.05, 0.1) is 31.8 Å². The van der Waals surface area contributed by atoms with E-state index >= 15 is 0 Å². The minimum atomic E-state index is -1.42.